The molecule has 2 saturated heterocycles. The molecule has 1 spiro atoms. The van der Waals surface area contributed by atoms with Gasteiger partial charge in [0.05, 0.1) is 12.1 Å². The van der Waals surface area contributed by atoms with Crippen LogP contribution in [0.2, 0.25) is 0 Å². The zero-order chi connectivity index (χ0) is 15.0. The summed E-state index contributed by atoms with van der Waals surface area (Å²) in [6, 6.07) is -0.813. The molecule has 0 aliphatic carbocycles. The van der Waals surface area contributed by atoms with Crippen LogP contribution in [-0.4, -0.2) is 52.5 Å². The minimum Gasteiger partial charge on any atom is -0.480 e. The first-order valence-corrected chi connectivity index (χ1v) is 7.08. The van der Waals surface area contributed by atoms with E-state index in [1.165, 1.54) is 4.90 Å². The van der Waals surface area contributed by atoms with Crippen molar-refractivity contribution in [1.82, 2.24) is 4.90 Å². The summed E-state index contributed by atoms with van der Waals surface area (Å²) in [5.74, 6) is -0.974. The summed E-state index contributed by atoms with van der Waals surface area (Å²) in [5.41, 5.74) is -1.15. The number of amides is 1. The Morgan fingerprint density at radius 2 is 2.05 bits per heavy atom. The number of hydrogen-bond donors (Lipinski definition) is 1. The van der Waals surface area contributed by atoms with Crippen molar-refractivity contribution in [1.29, 1.82) is 0 Å². The van der Waals surface area contributed by atoms with Gasteiger partial charge in [-0.3, -0.25) is 4.90 Å². The Morgan fingerprint density at radius 3 is 2.55 bits per heavy atom. The highest BCUT2D eigenvalue weighted by Crippen LogP contribution is 2.40. The van der Waals surface area contributed by atoms with Crippen LogP contribution in [0.5, 0.6) is 0 Å². The molecular formula is C14H23NO5. The number of carbonyl (C=O) groups excluding carboxylic acids is 1. The summed E-state index contributed by atoms with van der Waals surface area (Å²) in [5, 5.41) is 9.35. The molecule has 20 heavy (non-hydrogen) atoms. The van der Waals surface area contributed by atoms with Gasteiger partial charge >= 0.3 is 12.1 Å². The number of carbonyl (C=O) groups is 2. The standard InChI is InChI=1S/C14H23NO5/c1-13(2,3)20-12(18)15-10(11(16)17)5-7-14(15)6-4-8-19-9-14/h10H,4-9H2,1-3H3,(H,16,17). The van der Waals surface area contributed by atoms with Crippen molar-refractivity contribution < 1.29 is 24.2 Å². The summed E-state index contributed by atoms with van der Waals surface area (Å²) in [6.45, 7) is 6.40. The second-order valence-electron chi connectivity index (χ2n) is 6.62. The van der Waals surface area contributed by atoms with Crippen LogP contribution in [0, 0.1) is 0 Å². The third kappa shape index (κ3) is 2.90. The summed E-state index contributed by atoms with van der Waals surface area (Å²) in [7, 11) is 0. The van der Waals surface area contributed by atoms with Gasteiger partial charge in [-0.2, -0.15) is 0 Å². The van der Waals surface area contributed by atoms with E-state index in [9.17, 15) is 14.7 Å². The molecule has 2 unspecified atom stereocenters. The molecule has 0 radical (unpaired) electrons. The normalized spacial score (nSPS) is 30.6. The van der Waals surface area contributed by atoms with E-state index < -0.39 is 29.2 Å². The second kappa shape index (κ2) is 5.24. The molecule has 2 fully saturated rings. The Kier molecular flexibility index (Phi) is 3.95. The molecule has 1 N–H and O–H groups in total. The van der Waals surface area contributed by atoms with E-state index in [1.54, 1.807) is 20.8 Å². The number of rotatable bonds is 1. The van der Waals surface area contributed by atoms with Crippen molar-refractivity contribution >= 4 is 12.1 Å². The van der Waals surface area contributed by atoms with Gasteiger partial charge in [0.15, 0.2) is 0 Å². The molecule has 0 aromatic heterocycles. The number of nitrogens with zero attached hydrogens (tertiary/aromatic N) is 1. The molecule has 6 nitrogen and oxygen atoms in total. The van der Waals surface area contributed by atoms with Crippen molar-refractivity contribution in [3.05, 3.63) is 0 Å². The minimum absolute atomic E-state index is 0.399. The van der Waals surface area contributed by atoms with Gasteiger partial charge in [-0.05, 0) is 46.5 Å². The highest BCUT2D eigenvalue weighted by atomic mass is 16.6. The SMILES string of the molecule is CC(C)(C)OC(=O)N1C(C(=O)O)CCC12CCCOC2. The third-order valence-electron chi connectivity index (χ3n) is 3.88. The molecule has 0 saturated carbocycles. The maximum atomic E-state index is 12.4. The molecule has 2 atom stereocenters. The molecule has 2 aliphatic rings. The van der Waals surface area contributed by atoms with E-state index in [0.717, 1.165) is 12.8 Å². The maximum Gasteiger partial charge on any atom is 0.411 e. The molecule has 2 aliphatic heterocycles. The summed E-state index contributed by atoms with van der Waals surface area (Å²) in [6.07, 6.45) is 2.18. The Bertz CT molecular complexity index is 395. The van der Waals surface area contributed by atoms with Gasteiger partial charge in [0.25, 0.3) is 0 Å². The monoisotopic (exact) mass is 285 g/mol. The van der Waals surface area contributed by atoms with Crippen LogP contribution in [0.4, 0.5) is 4.79 Å². The van der Waals surface area contributed by atoms with Gasteiger partial charge in [0.1, 0.15) is 11.6 Å². The van der Waals surface area contributed by atoms with E-state index >= 15 is 0 Å². The van der Waals surface area contributed by atoms with E-state index in [4.69, 9.17) is 9.47 Å². The average Bonchev–Trinajstić information content (AvgIpc) is 2.67. The van der Waals surface area contributed by atoms with Gasteiger partial charge in [0.2, 0.25) is 0 Å². The quantitative estimate of drug-likeness (QED) is 0.797. The highest BCUT2D eigenvalue weighted by Gasteiger charge is 2.53. The Hall–Kier alpha value is -1.30. The smallest absolute Gasteiger partial charge is 0.411 e. The van der Waals surface area contributed by atoms with Gasteiger partial charge < -0.3 is 14.6 Å². The predicted octanol–water partition coefficient (Wildman–Crippen LogP) is 2.02. The van der Waals surface area contributed by atoms with E-state index in [-0.39, 0.29) is 0 Å². The van der Waals surface area contributed by atoms with E-state index in [2.05, 4.69) is 0 Å². The van der Waals surface area contributed by atoms with Crippen LogP contribution < -0.4 is 0 Å². The first-order chi connectivity index (χ1) is 9.25. The van der Waals surface area contributed by atoms with Gasteiger partial charge in [-0.15, -0.1) is 0 Å². The fourth-order valence-electron chi connectivity index (χ4n) is 3.08. The second-order valence-corrected chi connectivity index (χ2v) is 6.62. The van der Waals surface area contributed by atoms with Crippen molar-refractivity contribution in [3.8, 4) is 0 Å². The topological polar surface area (TPSA) is 76.1 Å². The zero-order valence-corrected chi connectivity index (χ0v) is 12.3. The minimum atomic E-state index is -0.974. The van der Waals surface area contributed by atoms with Gasteiger partial charge in [0, 0.05) is 6.61 Å². The van der Waals surface area contributed by atoms with Gasteiger partial charge in [-0.1, -0.05) is 0 Å². The number of carboxylic acids is 1. The molecule has 2 rings (SSSR count). The van der Waals surface area contributed by atoms with Crippen LogP contribution in [0.25, 0.3) is 0 Å². The lowest BCUT2D eigenvalue weighted by molar-refractivity contribution is -0.144. The molecule has 1 amide bonds. The van der Waals surface area contributed by atoms with Crippen molar-refractivity contribution in [2.45, 2.75) is 63.6 Å². The van der Waals surface area contributed by atoms with Crippen LogP contribution in [0.1, 0.15) is 46.5 Å². The molecule has 0 aromatic rings. The Balaban J connectivity index is 2.25. The number of hydrogen-bond acceptors (Lipinski definition) is 4. The molecule has 0 bridgehead atoms. The predicted molar refractivity (Wildman–Crippen MR) is 71.5 cm³/mol. The average molecular weight is 285 g/mol. The lowest BCUT2D eigenvalue weighted by atomic mass is 9.90. The van der Waals surface area contributed by atoms with Crippen LogP contribution in [-0.2, 0) is 14.3 Å². The summed E-state index contributed by atoms with van der Waals surface area (Å²) < 4.78 is 10.9. The van der Waals surface area contributed by atoms with Gasteiger partial charge in [-0.25, -0.2) is 9.59 Å². The van der Waals surface area contributed by atoms with Crippen LogP contribution >= 0.6 is 0 Å². The lowest BCUT2D eigenvalue weighted by Gasteiger charge is -2.42. The van der Waals surface area contributed by atoms with E-state index in [1.807, 2.05) is 0 Å². The first-order valence-electron chi connectivity index (χ1n) is 7.08. The zero-order valence-electron chi connectivity index (χ0n) is 12.3. The number of carboxylic acid groups (broad SMARTS) is 1. The van der Waals surface area contributed by atoms with Crippen molar-refractivity contribution in [3.63, 3.8) is 0 Å². The molecular weight excluding hydrogens is 262 g/mol. The Morgan fingerprint density at radius 1 is 1.35 bits per heavy atom. The lowest BCUT2D eigenvalue weighted by Crippen LogP contribution is -2.57. The number of likely N-dealkylation sites (tertiary alicyclic amines) is 1. The van der Waals surface area contributed by atoms with Crippen LogP contribution in [0.15, 0.2) is 0 Å². The highest BCUT2D eigenvalue weighted by molar-refractivity contribution is 5.81. The van der Waals surface area contributed by atoms with Crippen molar-refractivity contribution in [2.75, 3.05) is 13.2 Å². The van der Waals surface area contributed by atoms with E-state index in [0.29, 0.717) is 26.1 Å². The van der Waals surface area contributed by atoms with Crippen molar-refractivity contribution in [2.24, 2.45) is 0 Å². The molecule has 0 aromatic carbocycles. The fourth-order valence-corrected chi connectivity index (χ4v) is 3.08. The summed E-state index contributed by atoms with van der Waals surface area (Å²) >= 11 is 0. The number of aliphatic carboxylic acids is 1. The molecule has 114 valence electrons. The number of ether oxygens (including phenoxy) is 2. The third-order valence-corrected chi connectivity index (χ3v) is 3.88. The molecule has 6 heteroatoms. The Labute approximate surface area is 119 Å². The first kappa shape index (κ1) is 15.1. The fraction of sp³-hybridized carbons (Fsp3) is 0.857. The van der Waals surface area contributed by atoms with Crippen LogP contribution in [0.3, 0.4) is 0 Å². The largest absolute Gasteiger partial charge is 0.480 e. The molecule has 2 heterocycles. The summed E-state index contributed by atoms with van der Waals surface area (Å²) in [4.78, 5) is 25.3. The maximum absolute atomic E-state index is 12.4.